The molecule has 1 saturated heterocycles. The molecule has 0 saturated carbocycles. The molecular weight excluding hydrogens is 272 g/mol. The first kappa shape index (κ1) is 17.0. The number of rotatable bonds is 3. The van der Waals surface area contributed by atoms with Crippen LogP contribution >= 0.6 is 12.4 Å². The van der Waals surface area contributed by atoms with Crippen molar-refractivity contribution < 1.29 is 4.79 Å². The van der Waals surface area contributed by atoms with Crippen LogP contribution in [0.4, 0.5) is 5.69 Å². The molecule has 0 bridgehead atoms. The zero-order valence-corrected chi connectivity index (χ0v) is 13.5. The van der Waals surface area contributed by atoms with E-state index in [1.165, 1.54) is 24.8 Å². The number of anilines is 1. The molecule has 20 heavy (non-hydrogen) atoms. The normalized spacial score (nSPS) is 15.6. The molecule has 1 N–H and O–H groups in total. The highest BCUT2D eigenvalue weighted by atomic mass is 35.5. The van der Waals surface area contributed by atoms with Gasteiger partial charge in [-0.05, 0) is 57.8 Å². The smallest absolute Gasteiger partial charge is 0.238 e. The molecule has 0 spiro atoms. The Kier molecular flexibility index (Phi) is 6.50. The van der Waals surface area contributed by atoms with E-state index in [1.54, 1.807) is 0 Å². The number of carbonyl (C=O) groups is 1. The Bertz CT molecular complexity index is 445. The summed E-state index contributed by atoms with van der Waals surface area (Å²) >= 11 is 0. The molecule has 1 aliphatic heterocycles. The van der Waals surface area contributed by atoms with Crippen LogP contribution in [0.5, 0.6) is 0 Å². The first-order chi connectivity index (χ1) is 9.06. The molecule has 1 aromatic rings. The molecule has 2 rings (SSSR count). The van der Waals surface area contributed by atoms with Crippen molar-refractivity contribution in [3.63, 3.8) is 0 Å². The summed E-state index contributed by atoms with van der Waals surface area (Å²) in [6, 6.07) is 4.23. The van der Waals surface area contributed by atoms with E-state index < -0.39 is 0 Å². The lowest BCUT2D eigenvalue weighted by molar-refractivity contribution is -0.117. The van der Waals surface area contributed by atoms with Crippen LogP contribution in [-0.4, -0.2) is 30.4 Å². The third-order valence-corrected chi connectivity index (χ3v) is 3.76. The average molecular weight is 297 g/mol. The van der Waals surface area contributed by atoms with Crippen LogP contribution in [0.25, 0.3) is 0 Å². The van der Waals surface area contributed by atoms with Gasteiger partial charge in [-0.1, -0.05) is 24.1 Å². The van der Waals surface area contributed by atoms with Crippen molar-refractivity contribution in [2.75, 3.05) is 25.0 Å². The van der Waals surface area contributed by atoms with Crippen molar-refractivity contribution in [1.82, 2.24) is 4.90 Å². The molecule has 1 fully saturated rings. The third-order valence-electron chi connectivity index (χ3n) is 3.76. The minimum atomic E-state index is 0. The molecule has 112 valence electrons. The highest BCUT2D eigenvalue weighted by Crippen LogP contribution is 2.22. The summed E-state index contributed by atoms with van der Waals surface area (Å²) in [4.78, 5) is 14.4. The Morgan fingerprint density at radius 1 is 1.10 bits per heavy atom. The van der Waals surface area contributed by atoms with Crippen LogP contribution in [0.15, 0.2) is 12.1 Å². The number of hydrogen-bond donors (Lipinski definition) is 1. The number of piperidine rings is 1. The Morgan fingerprint density at radius 3 is 2.20 bits per heavy atom. The second kappa shape index (κ2) is 7.65. The van der Waals surface area contributed by atoms with E-state index in [4.69, 9.17) is 0 Å². The third kappa shape index (κ3) is 4.50. The quantitative estimate of drug-likeness (QED) is 0.926. The van der Waals surface area contributed by atoms with Crippen LogP contribution in [0.2, 0.25) is 0 Å². The standard InChI is InChI=1S/C16H24N2O.ClH/c1-12-9-13(2)16(14(3)10-12)17-15(19)11-18-7-5-4-6-8-18;/h9-10H,4-8,11H2,1-3H3,(H,17,19);1H. The van der Waals surface area contributed by atoms with Gasteiger partial charge in [0.05, 0.1) is 6.54 Å². The highest BCUT2D eigenvalue weighted by Gasteiger charge is 2.15. The summed E-state index contributed by atoms with van der Waals surface area (Å²) in [6.07, 6.45) is 3.74. The van der Waals surface area contributed by atoms with E-state index in [2.05, 4.69) is 43.1 Å². The van der Waals surface area contributed by atoms with Crippen molar-refractivity contribution >= 4 is 24.0 Å². The zero-order chi connectivity index (χ0) is 13.8. The molecule has 3 nitrogen and oxygen atoms in total. The maximum atomic E-state index is 12.1. The Hall–Kier alpha value is -1.06. The SMILES string of the molecule is Cc1cc(C)c(NC(=O)CN2CCCCC2)c(C)c1.Cl. The molecule has 0 aliphatic carbocycles. The highest BCUT2D eigenvalue weighted by molar-refractivity contribution is 5.93. The number of carbonyl (C=O) groups excluding carboxylic acids is 1. The lowest BCUT2D eigenvalue weighted by atomic mass is 10.1. The Balaban J connectivity index is 0.00000200. The minimum Gasteiger partial charge on any atom is -0.324 e. The van der Waals surface area contributed by atoms with Crippen LogP contribution in [0.1, 0.15) is 36.0 Å². The zero-order valence-electron chi connectivity index (χ0n) is 12.7. The van der Waals surface area contributed by atoms with Gasteiger partial charge in [-0.3, -0.25) is 9.69 Å². The van der Waals surface area contributed by atoms with Crippen molar-refractivity contribution in [2.45, 2.75) is 40.0 Å². The van der Waals surface area contributed by atoms with Gasteiger partial charge in [0.15, 0.2) is 0 Å². The fourth-order valence-electron chi connectivity index (χ4n) is 2.88. The lowest BCUT2D eigenvalue weighted by Crippen LogP contribution is -2.37. The molecule has 0 aromatic heterocycles. The summed E-state index contributed by atoms with van der Waals surface area (Å²) in [5.74, 6) is 0.108. The number of amides is 1. The summed E-state index contributed by atoms with van der Waals surface area (Å²) in [7, 11) is 0. The van der Waals surface area contributed by atoms with Crippen molar-refractivity contribution in [3.8, 4) is 0 Å². The minimum absolute atomic E-state index is 0. The van der Waals surface area contributed by atoms with Gasteiger partial charge in [-0.25, -0.2) is 0 Å². The van der Waals surface area contributed by atoms with Gasteiger partial charge in [0.1, 0.15) is 0 Å². The number of halogens is 1. The maximum Gasteiger partial charge on any atom is 0.238 e. The number of aryl methyl sites for hydroxylation is 3. The van der Waals surface area contributed by atoms with E-state index in [1.807, 2.05) is 0 Å². The van der Waals surface area contributed by atoms with E-state index in [-0.39, 0.29) is 18.3 Å². The number of benzene rings is 1. The van der Waals surface area contributed by atoms with E-state index in [0.717, 1.165) is 29.9 Å². The van der Waals surface area contributed by atoms with Gasteiger partial charge in [-0.15, -0.1) is 12.4 Å². The number of likely N-dealkylation sites (tertiary alicyclic amines) is 1. The first-order valence-corrected chi connectivity index (χ1v) is 7.16. The number of nitrogens with zero attached hydrogens (tertiary/aromatic N) is 1. The second-order valence-corrected chi connectivity index (χ2v) is 5.66. The molecule has 0 unspecified atom stereocenters. The average Bonchev–Trinajstić information content (AvgIpc) is 2.35. The summed E-state index contributed by atoms with van der Waals surface area (Å²) in [5.41, 5.74) is 4.51. The van der Waals surface area contributed by atoms with Crippen LogP contribution < -0.4 is 5.32 Å². The largest absolute Gasteiger partial charge is 0.324 e. The molecule has 1 amide bonds. The predicted molar refractivity (Wildman–Crippen MR) is 86.8 cm³/mol. The topological polar surface area (TPSA) is 32.3 Å². The van der Waals surface area contributed by atoms with Crippen LogP contribution in [0.3, 0.4) is 0 Å². The Labute approximate surface area is 128 Å². The molecule has 0 atom stereocenters. The summed E-state index contributed by atoms with van der Waals surface area (Å²) in [6.45, 7) is 8.82. The van der Waals surface area contributed by atoms with Crippen LogP contribution in [0, 0.1) is 20.8 Å². The lowest BCUT2D eigenvalue weighted by Gasteiger charge is -2.26. The molecule has 1 aliphatic rings. The molecule has 4 heteroatoms. The molecule has 1 aromatic carbocycles. The van der Waals surface area contributed by atoms with Gasteiger partial charge in [-0.2, -0.15) is 0 Å². The van der Waals surface area contributed by atoms with Gasteiger partial charge in [0.25, 0.3) is 0 Å². The first-order valence-electron chi connectivity index (χ1n) is 7.16. The molecule has 0 radical (unpaired) electrons. The van der Waals surface area contributed by atoms with E-state index in [0.29, 0.717) is 6.54 Å². The monoisotopic (exact) mass is 296 g/mol. The van der Waals surface area contributed by atoms with Crippen LogP contribution in [-0.2, 0) is 4.79 Å². The number of nitrogens with one attached hydrogen (secondary N) is 1. The fourth-order valence-corrected chi connectivity index (χ4v) is 2.88. The summed E-state index contributed by atoms with van der Waals surface area (Å²) in [5, 5.41) is 3.07. The van der Waals surface area contributed by atoms with E-state index in [9.17, 15) is 4.79 Å². The van der Waals surface area contributed by atoms with Gasteiger partial charge in [0, 0.05) is 5.69 Å². The van der Waals surface area contributed by atoms with Crippen molar-refractivity contribution in [1.29, 1.82) is 0 Å². The van der Waals surface area contributed by atoms with Gasteiger partial charge < -0.3 is 5.32 Å². The molecule has 1 heterocycles. The van der Waals surface area contributed by atoms with E-state index >= 15 is 0 Å². The number of hydrogen-bond acceptors (Lipinski definition) is 2. The van der Waals surface area contributed by atoms with Crippen molar-refractivity contribution in [3.05, 3.63) is 28.8 Å². The van der Waals surface area contributed by atoms with Crippen molar-refractivity contribution in [2.24, 2.45) is 0 Å². The maximum absolute atomic E-state index is 12.1. The fraction of sp³-hybridized carbons (Fsp3) is 0.562. The molecular formula is C16H25ClN2O. The summed E-state index contributed by atoms with van der Waals surface area (Å²) < 4.78 is 0. The van der Waals surface area contributed by atoms with Gasteiger partial charge >= 0.3 is 0 Å². The Morgan fingerprint density at radius 2 is 1.65 bits per heavy atom. The predicted octanol–water partition coefficient (Wildman–Crippen LogP) is 3.46. The second-order valence-electron chi connectivity index (χ2n) is 5.66. The van der Waals surface area contributed by atoms with Gasteiger partial charge in [0.2, 0.25) is 5.91 Å².